The first-order valence-corrected chi connectivity index (χ1v) is 6.81. The number of rotatable bonds is 3. The van der Waals surface area contributed by atoms with E-state index in [1.165, 1.54) is 30.4 Å². The fourth-order valence-corrected chi connectivity index (χ4v) is 2.56. The van der Waals surface area contributed by atoms with E-state index in [9.17, 15) is 0 Å². The summed E-state index contributed by atoms with van der Waals surface area (Å²) < 4.78 is 0. The molecular weight excluding hydrogens is 222 g/mol. The predicted octanol–water partition coefficient (Wildman–Crippen LogP) is 2.83. The number of nitrogens with one attached hydrogen (secondary N) is 1. The van der Waals surface area contributed by atoms with Gasteiger partial charge in [0.2, 0.25) is 0 Å². The molecule has 1 aromatic rings. The number of hydrogen-bond donors (Lipinski definition) is 2. The summed E-state index contributed by atoms with van der Waals surface area (Å²) >= 11 is 0. The number of hydrogen-bond acceptors (Lipinski definition) is 1. The quantitative estimate of drug-likeness (QED) is 0.633. The Labute approximate surface area is 108 Å². The molecule has 0 bridgehead atoms. The van der Waals surface area contributed by atoms with Gasteiger partial charge in [-0.2, -0.15) is 0 Å². The van der Waals surface area contributed by atoms with Crippen molar-refractivity contribution in [1.82, 2.24) is 0 Å². The van der Waals surface area contributed by atoms with Crippen LogP contribution >= 0.6 is 0 Å². The summed E-state index contributed by atoms with van der Waals surface area (Å²) in [4.78, 5) is 4.56. The highest BCUT2D eigenvalue weighted by Gasteiger charge is 2.47. The van der Waals surface area contributed by atoms with E-state index < -0.39 is 0 Å². The lowest BCUT2D eigenvalue weighted by Crippen LogP contribution is -2.23. The van der Waals surface area contributed by atoms with Crippen LogP contribution in [0, 0.1) is 25.7 Å². The minimum Gasteiger partial charge on any atom is -0.370 e. The molecule has 3 N–H and O–H groups in total. The van der Waals surface area contributed by atoms with E-state index in [0.29, 0.717) is 12.0 Å². The normalized spacial score (nSPS) is 27.1. The van der Waals surface area contributed by atoms with E-state index in [-0.39, 0.29) is 0 Å². The molecule has 2 fully saturated rings. The molecule has 2 aliphatic carbocycles. The second-order valence-electron chi connectivity index (χ2n) is 5.74. The molecule has 18 heavy (non-hydrogen) atoms. The molecule has 2 saturated carbocycles. The van der Waals surface area contributed by atoms with Crippen molar-refractivity contribution in [2.75, 3.05) is 5.32 Å². The van der Waals surface area contributed by atoms with Gasteiger partial charge in [0.25, 0.3) is 0 Å². The molecule has 2 atom stereocenters. The Kier molecular flexibility index (Phi) is 2.77. The smallest absolute Gasteiger partial charge is 0.193 e. The third-order valence-electron chi connectivity index (χ3n) is 4.12. The molecule has 2 aliphatic rings. The monoisotopic (exact) mass is 243 g/mol. The summed E-state index contributed by atoms with van der Waals surface area (Å²) in [7, 11) is 0. The van der Waals surface area contributed by atoms with E-state index in [2.05, 4.69) is 42.4 Å². The maximum absolute atomic E-state index is 5.96. The van der Waals surface area contributed by atoms with Gasteiger partial charge in [0.1, 0.15) is 0 Å². The maximum Gasteiger partial charge on any atom is 0.193 e. The van der Waals surface area contributed by atoms with Crippen LogP contribution < -0.4 is 11.1 Å². The highest BCUT2D eigenvalue weighted by atomic mass is 15.1. The van der Waals surface area contributed by atoms with E-state index in [4.69, 9.17) is 5.73 Å². The molecule has 0 amide bonds. The Morgan fingerprint density at radius 3 is 2.72 bits per heavy atom. The number of guanidine groups is 1. The van der Waals surface area contributed by atoms with Gasteiger partial charge in [0, 0.05) is 5.69 Å². The minimum atomic E-state index is 0.483. The van der Waals surface area contributed by atoms with Crippen LogP contribution in [0.1, 0.15) is 30.4 Å². The summed E-state index contributed by atoms with van der Waals surface area (Å²) in [6, 6.07) is 6.75. The largest absolute Gasteiger partial charge is 0.370 e. The van der Waals surface area contributed by atoms with Gasteiger partial charge in [0.05, 0.1) is 6.04 Å². The van der Waals surface area contributed by atoms with Crippen molar-refractivity contribution in [1.29, 1.82) is 0 Å². The molecule has 0 aliphatic heterocycles. The SMILES string of the molecule is Cc1ccc(NC(N)=N[C@@H]2C[C@H]2C2CC2)cc1C. The van der Waals surface area contributed by atoms with Gasteiger partial charge in [-0.3, -0.25) is 0 Å². The van der Waals surface area contributed by atoms with Crippen LogP contribution in [0.15, 0.2) is 23.2 Å². The number of aliphatic imine (C=N–C) groups is 1. The van der Waals surface area contributed by atoms with E-state index in [1.54, 1.807) is 0 Å². The first-order chi connectivity index (χ1) is 8.63. The Morgan fingerprint density at radius 1 is 1.28 bits per heavy atom. The molecule has 0 heterocycles. The molecule has 3 heteroatoms. The van der Waals surface area contributed by atoms with E-state index in [0.717, 1.165) is 17.5 Å². The van der Waals surface area contributed by atoms with Gasteiger partial charge < -0.3 is 11.1 Å². The number of benzene rings is 1. The summed E-state index contributed by atoms with van der Waals surface area (Å²) in [5.41, 5.74) is 9.56. The van der Waals surface area contributed by atoms with Gasteiger partial charge in [-0.05, 0) is 68.2 Å². The van der Waals surface area contributed by atoms with Gasteiger partial charge in [-0.25, -0.2) is 4.99 Å². The van der Waals surface area contributed by atoms with Crippen molar-refractivity contribution in [2.24, 2.45) is 22.6 Å². The lowest BCUT2D eigenvalue weighted by Gasteiger charge is -2.08. The van der Waals surface area contributed by atoms with Crippen molar-refractivity contribution in [2.45, 2.75) is 39.2 Å². The van der Waals surface area contributed by atoms with Crippen LogP contribution in [-0.4, -0.2) is 12.0 Å². The Morgan fingerprint density at radius 2 is 2.06 bits per heavy atom. The molecule has 0 spiro atoms. The second-order valence-corrected chi connectivity index (χ2v) is 5.74. The van der Waals surface area contributed by atoms with Crippen molar-refractivity contribution in [3.05, 3.63) is 29.3 Å². The highest BCUT2D eigenvalue weighted by molar-refractivity contribution is 5.92. The lowest BCUT2D eigenvalue weighted by atomic mass is 10.1. The standard InChI is InChI=1S/C15H21N3/c1-9-3-6-12(7-10(9)2)17-15(16)18-14-8-13(14)11-4-5-11/h3,6-7,11,13-14H,4-5,8H2,1-2H3,(H3,16,17,18)/t13-,14+/m0/s1. The minimum absolute atomic E-state index is 0.483. The van der Waals surface area contributed by atoms with Crippen LogP contribution in [0.3, 0.4) is 0 Å². The molecule has 1 aromatic carbocycles. The van der Waals surface area contributed by atoms with Crippen LogP contribution in [0.25, 0.3) is 0 Å². The second kappa shape index (κ2) is 4.30. The third-order valence-corrected chi connectivity index (χ3v) is 4.12. The molecule has 0 radical (unpaired) electrons. The summed E-state index contributed by atoms with van der Waals surface area (Å²) in [6.07, 6.45) is 4.04. The van der Waals surface area contributed by atoms with E-state index in [1.807, 2.05) is 0 Å². The Balaban J connectivity index is 1.61. The van der Waals surface area contributed by atoms with Crippen molar-refractivity contribution in [3.8, 4) is 0 Å². The van der Waals surface area contributed by atoms with Crippen molar-refractivity contribution < 1.29 is 0 Å². The molecule has 0 aromatic heterocycles. The van der Waals surface area contributed by atoms with E-state index >= 15 is 0 Å². The zero-order chi connectivity index (χ0) is 12.7. The number of nitrogens with zero attached hydrogens (tertiary/aromatic N) is 1. The first kappa shape index (κ1) is 11.6. The Bertz CT molecular complexity index is 489. The van der Waals surface area contributed by atoms with Gasteiger partial charge in [0.15, 0.2) is 5.96 Å². The summed E-state index contributed by atoms with van der Waals surface area (Å²) in [5.74, 6) is 2.34. The zero-order valence-corrected chi connectivity index (χ0v) is 11.1. The average molecular weight is 243 g/mol. The van der Waals surface area contributed by atoms with Crippen molar-refractivity contribution >= 4 is 11.6 Å². The van der Waals surface area contributed by atoms with Crippen LogP contribution in [0.4, 0.5) is 5.69 Å². The average Bonchev–Trinajstić information content (AvgIpc) is 3.15. The molecule has 3 nitrogen and oxygen atoms in total. The Hall–Kier alpha value is -1.51. The molecular formula is C15H21N3. The number of anilines is 1. The molecule has 0 saturated heterocycles. The maximum atomic E-state index is 5.96. The topological polar surface area (TPSA) is 50.4 Å². The number of aryl methyl sites for hydroxylation is 2. The van der Waals surface area contributed by atoms with Crippen molar-refractivity contribution in [3.63, 3.8) is 0 Å². The fourth-order valence-electron chi connectivity index (χ4n) is 2.56. The highest BCUT2D eigenvalue weighted by Crippen LogP contribution is 2.51. The van der Waals surface area contributed by atoms with Gasteiger partial charge in [-0.1, -0.05) is 6.07 Å². The first-order valence-electron chi connectivity index (χ1n) is 6.81. The van der Waals surface area contributed by atoms with Crippen LogP contribution in [0.2, 0.25) is 0 Å². The summed E-state index contributed by atoms with van der Waals surface area (Å²) in [6.45, 7) is 4.22. The van der Waals surface area contributed by atoms with Crippen LogP contribution in [0.5, 0.6) is 0 Å². The fraction of sp³-hybridized carbons (Fsp3) is 0.533. The summed E-state index contributed by atoms with van der Waals surface area (Å²) in [5, 5.41) is 3.19. The molecule has 96 valence electrons. The molecule has 3 rings (SSSR count). The lowest BCUT2D eigenvalue weighted by molar-refractivity contribution is 0.686. The van der Waals surface area contributed by atoms with Gasteiger partial charge in [-0.15, -0.1) is 0 Å². The zero-order valence-electron chi connectivity index (χ0n) is 11.1. The van der Waals surface area contributed by atoms with Crippen LogP contribution in [-0.2, 0) is 0 Å². The van der Waals surface area contributed by atoms with Gasteiger partial charge >= 0.3 is 0 Å². The molecule has 0 unspecified atom stereocenters. The number of nitrogens with two attached hydrogens (primary N) is 1. The predicted molar refractivity (Wildman–Crippen MR) is 75.8 cm³/mol. The third kappa shape index (κ3) is 2.50.